The Labute approximate surface area is 115 Å². The molecule has 0 aromatic heterocycles. The summed E-state index contributed by atoms with van der Waals surface area (Å²) in [5.74, 6) is -0.390. The van der Waals surface area contributed by atoms with Crippen molar-refractivity contribution < 1.29 is 14.7 Å². The summed E-state index contributed by atoms with van der Waals surface area (Å²) in [5, 5.41) is 9.14. The van der Waals surface area contributed by atoms with E-state index in [1.165, 1.54) is 22.7 Å². The molecule has 1 aromatic carbocycles. The molecule has 0 atom stereocenters. The Morgan fingerprint density at radius 2 is 2.06 bits per heavy atom. The van der Waals surface area contributed by atoms with Crippen molar-refractivity contribution in [1.82, 2.24) is 4.90 Å². The first-order chi connectivity index (χ1) is 8.41. The number of carboxylic acids is 1. The predicted molar refractivity (Wildman–Crippen MR) is 72.4 cm³/mol. The quantitative estimate of drug-likeness (QED) is 0.846. The Balaban J connectivity index is 2.61. The number of hydrogen-bond donors (Lipinski definition) is 1. The van der Waals surface area contributed by atoms with E-state index in [1.807, 2.05) is 0 Å². The minimum absolute atomic E-state index is 0.0509. The Kier molecular flexibility index (Phi) is 5.50. The molecule has 1 N–H and O–H groups in total. The van der Waals surface area contributed by atoms with Gasteiger partial charge >= 0.3 is 5.97 Å². The van der Waals surface area contributed by atoms with Gasteiger partial charge < -0.3 is 10.0 Å². The summed E-state index contributed by atoms with van der Waals surface area (Å²) in [4.78, 5) is 24.6. The third kappa shape index (κ3) is 4.23. The molecule has 0 aliphatic carbocycles. The standard InChI is InChI=1S/C12H14ClNO3S/c1-14(2)11(15)5-6-18-8-3-4-10(13)9(7-8)12(16)17/h3-4,7H,5-6H2,1-2H3,(H,16,17). The van der Waals surface area contributed by atoms with Gasteiger partial charge in [0.05, 0.1) is 10.6 Å². The monoisotopic (exact) mass is 287 g/mol. The average Bonchev–Trinajstić information content (AvgIpc) is 2.30. The molecule has 0 unspecified atom stereocenters. The second-order valence-electron chi connectivity index (χ2n) is 3.83. The van der Waals surface area contributed by atoms with Crippen molar-refractivity contribution in [2.24, 2.45) is 0 Å². The largest absolute Gasteiger partial charge is 0.478 e. The van der Waals surface area contributed by atoms with Crippen LogP contribution in [0.5, 0.6) is 0 Å². The third-order valence-electron chi connectivity index (χ3n) is 2.25. The molecule has 0 saturated heterocycles. The number of carbonyl (C=O) groups is 2. The van der Waals surface area contributed by atoms with E-state index in [4.69, 9.17) is 16.7 Å². The van der Waals surface area contributed by atoms with Gasteiger partial charge in [-0.2, -0.15) is 0 Å². The van der Waals surface area contributed by atoms with E-state index in [1.54, 1.807) is 26.2 Å². The Morgan fingerprint density at radius 1 is 1.39 bits per heavy atom. The second-order valence-corrected chi connectivity index (χ2v) is 5.41. The first-order valence-corrected chi connectivity index (χ1v) is 6.64. The van der Waals surface area contributed by atoms with Crippen molar-refractivity contribution in [3.05, 3.63) is 28.8 Å². The van der Waals surface area contributed by atoms with Crippen molar-refractivity contribution in [3.8, 4) is 0 Å². The van der Waals surface area contributed by atoms with Crippen LogP contribution in [0, 0.1) is 0 Å². The van der Waals surface area contributed by atoms with Gasteiger partial charge in [0.15, 0.2) is 0 Å². The lowest BCUT2D eigenvalue weighted by Crippen LogP contribution is -2.21. The first-order valence-electron chi connectivity index (χ1n) is 5.27. The van der Waals surface area contributed by atoms with E-state index >= 15 is 0 Å². The van der Waals surface area contributed by atoms with Gasteiger partial charge in [-0.3, -0.25) is 4.79 Å². The van der Waals surface area contributed by atoms with Crippen LogP contribution in [0.25, 0.3) is 0 Å². The maximum absolute atomic E-state index is 11.4. The van der Waals surface area contributed by atoms with Crippen LogP contribution in [0.2, 0.25) is 5.02 Å². The van der Waals surface area contributed by atoms with Crippen molar-refractivity contribution >= 4 is 35.2 Å². The number of carbonyl (C=O) groups excluding carboxylic acids is 1. The number of thioether (sulfide) groups is 1. The van der Waals surface area contributed by atoms with Crippen LogP contribution in [0.1, 0.15) is 16.8 Å². The lowest BCUT2D eigenvalue weighted by Gasteiger charge is -2.09. The third-order valence-corrected chi connectivity index (χ3v) is 3.58. The van der Waals surface area contributed by atoms with Gasteiger partial charge in [0, 0.05) is 31.2 Å². The summed E-state index contributed by atoms with van der Waals surface area (Å²) in [7, 11) is 3.41. The summed E-state index contributed by atoms with van der Waals surface area (Å²) in [5.41, 5.74) is 0.0839. The topological polar surface area (TPSA) is 57.6 Å². The minimum Gasteiger partial charge on any atom is -0.478 e. The fourth-order valence-corrected chi connectivity index (χ4v) is 2.31. The molecule has 98 valence electrons. The maximum Gasteiger partial charge on any atom is 0.337 e. The Hall–Kier alpha value is -1.20. The van der Waals surface area contributed by atoms with Crippen molar-refractivity contribution in [3.63, 3.8) is 0 Å². The SMILES string of the molecule is CN(C)C(=O)CCSc1ccc(Cl)c(C(=O)O)c1. The van der Waals surface area contributed by atoms with Gasteiger partial charge in [-0.05, 0) is 18.2 Å². The van der Waals surface area contributed by atoms with Gasteiger partial charge in [-0.25, -0.2) is 4.79 Å². The molecule has 0 bridgehead atoms. The van der Waals surface area contributed by atoms with Crippen LogP contribution in [-0.2, 0) is 4.79 Å². The highest BCUT2D eigenvalue weighted by molar-refractivity contribution is 7.99. The molecule has 0 heterocycles. The van der Waals surface area contributed by atoms with Crippen LogP contribution in [0.4, 0.5) is 0 Å². The van der Waals surface area contributed by atoms with Crippen LogP contribution in [0.3, 0.4) is 0 Å². The molecule has 1 rings (SSSR count). The number of hydrogen-bond acceptors (Lipinski definition) is 3. The molecule has 0 aliphatic rings. The summed E-state index contributed by atoms with van der Waals surface area (Å²) in [6, 6.07) is 4.83. The zero-order valence-electron chi connectivity index (χ0n) is 10.1. The maximum atomic E-state index is 11.4. The normalized spacial score (nSPS) is 10.2. The fourth-order valence-electron chi connectivity index (χ4n) is 1.24. The summed E-state index contributed by atoms with van der Waals surface area (Å²) < 4.78 is 0. The number of amides is 1. The molecule has 0 aliphatic heterocycles. The van der Waals surface area contributed by atoms with Gasteiger partial charge in [-0.15, -0.1) is 11.8 Å². The molecule has 0 saturated carbocycles. The number of halogens is 1. The smallest absolute Gasteiger partial charge is 0.337 e. The molecule has 1 aromatic rings. The average molecular weight is 288 g/mol. The number of nitrogens with zero attached hydrogens (tertiary/aromatic N) is 1. The van der Waals surface area contributed by atoms with Gasteiger partial charge in [0.25, 0.3) is 0 Å². The van der Waals surface area contributed by atoms with Crippen LogP contribution >= 0.6 is 23.4 Å². The predicted octanol–water partition coefficient (Wildman–Crippen LogP) is 2.61. The molecule has 0 fully saturated rings. The molecule has 18 heavy (non-hydrogen) atoms. The molecule has 0 spiro atoms. The zero-order valence-corrected chi connectivity index (χ0v) is 11.7. The van der Waals surface area contributed by atoms with E-state index in [9.17, 15) is 9.59 Å². The van der Waals surface area contributed by atoms with Gasteiger partial charge in [0.1, 0.15) is 0 Å². The molecular weight excluding hydrogens is 274 g/mol. The zero-order chi connectivity index (χ0) is 13.7. The summed E-state index contributed by atoms with van der Waals surface area (Å²) in [6.07, 6.45) is 0.419. The highest BCUT2D eigenvalue weighted by Crippen LogP contribution is 2.25. The lowest BCUT2D eigenvalue weighted by atomic mass is 10.2. The van der Waals surface area contributed by atoms with Crippen molar-refractivity contribution in [2.45, 2.75) is 11.3 Å². The van der Waals surface area contributed by atoms with E-state index in [2.05, 4.69) is 0 Å². The second kappa shape index (κ2) is 6.66. The first kappa shape index (κ1) is 14.9. The molecular formula is C12H14ClNO3S. The van der Waals surface area contributed by atoms with Crippen molar-refractivity contribution in [1.29, 1.82) is 0 Å². The molecule has 6 heteroatoms. The molecule has 1 amide bonds. The number of rotatable bonds is 5. The highest BCUT2D eigenvalue weighted by Gasteiger charge is 2.10. The van der Waals surface area contributed by atoms with Crippen LogP contribution < -0.4 is 0 Å². The van der Waals surface area contributed by atoms with Gasteiger partial charge in [0.2, 0.25) is 5.91 Å². The minimum atomic E-state index is -1.05. The summed E-state index contributed by atoms with van der Waals surface area (Å²) in [6.45, 7) is 0. The Bertz CT molecular complexity index is 463. The van der Waals surface area contributed by atoms with E-state index in [0.717, 1.165) is 4.90 Å². The number of carboxylic acid groups (broad SMARTS) is 1. The van der Waals surface area contributed by atoms with Gasteiger partial charge in [-0.1, -0.05) is 11.6 Å². The van der Waals surface area contributed by atoms with Crippen molar-refractivity contribution in [2.75, 3.05) is 19.8 Å². The number of benzene rings is 1. The fraction of sp³-hybridized carbons (Fsp3) is 0.333. The van der Waals surface area contributed by atoms with E-state index in [-0.39, 0.29) is 16.5 Å². The molecule has 4 nitrogen and oxygen atoms in total. The highest BCUT2D eigenvalue weighted by atomic mass is 35.5. The lowest BCUT2D eigenvalue weighted by molar-refractivity contribution is -0.128. The van der Waals surface area contributed by atoms with E-state index in [0.29, 0.717) is 12.2 Å². The summed E-state index contributed by atoms with van der Waals surface area (Å²) >= 11 is 7.20. The van der Waals surface area contributed by atoms with Crippen LogP contribution in [-0.4, -0.2) is 41.7 Å². The van der Waals surface area contributed by atoms with E-state index < -0.39 is 5.97 Å². The Morgan fingerprint density at radius 3 is 2.61 bits per heavy atom. The van der Waals surface area contributed by atoms with Crippen LogP contribution in [0.15, 0.2) is 23.1 Å². The molecule has 0 radical (unpaired) electrons. The number of aromatic carboxylic acids is 1.